The number of pyridine rings is 1. The van der Waals surface area contributed by atoms with E-state index < -0.39 is 6.10 Å². The van der Waals surface area contributed by atoms with E-state index in [0.717, 1.165) is 5.56 Å². The van der Waals surface area contributed by atoms with Gasteiger partial charge < -0.3 is 10.8 Å². The summed E-state index contributed by atoms with van der Waals surface area (Å²) >= 11 is 5.89. The lowest BCUT2D eigenvalue weighted by atomic mass is 10.00. The normalized spacial score (nSPS) is 16.3. The van der Waals surface area contributed by atoms with Crippen LogP contribution in [0, 0.1) is 0 Å². The highest BCUT2D eigenvalue weighted by molar-refractivity contribution is 6.30. The zero-order valence-electron chi connectivity index (χ0n) is 10.4. The van der Waals surface area contributed by atoms with Crippen molar-refractivity contribution in [1.82, 2.24) is 4.98 Å². The van der Waals surface area contributed by atoms with Crippen molar-refractivity contribution in [3.8, 4) is 0 Å². The second kappa shape index (κ2) is 4.83. The van der Waals surface area contributed by atoms with Gasteiger partial charge in [0.25, 0.3) is 0 Å². The maximum atomic E-state index is 10.4. The molecular formula is C15H15ClN2O. The fourth-order valence-electron chi connectivity index (χ4n) is 2.23. The molecule has 1 aromatic carbocycles. The van der Waals surface area contributed by atoms with E-state index in [1.807, 2.05) is 12.1 Å². The van der Waals surface area contributed by atoms with Gasteiger partial charge in [-0.2, -0.15) is 0 Å². The predicted octanol–water partition coefficient (Wildman–Crippen LogP) is 3.28. The van der Waals surface area contributed by atoms with Crippen molar-refractivity contribution in [1.29, 1.82) is 0 Å². The highest BCUT2D eigenvalue weighted by Gasteiger charge is 2.23. The number of rotatable bonds is 3. The molecule has 3 nitrogen and oxygen atoms in total. The molecule has 0 amide bonds. The van der Waals surface area contributed by atoms with Gasteiger partial charge in [0.1, 0.15) is 11.9 Å². The van der Waals surface area contributed by atoms with Crippen LogP contribution in [0.4, 0.5) is 5.82 Å². The van der Waals surface area contributed by atoms with Gasteiger partial charge in [-0.05, 0) is 36.0 Å². The molecule has 1 fully saturated rings. The maximum absolute atomic E-state index is 10.4. The summed E-state index contributed by atoms with van der Waals surface area (Å²) in [7, 11) is 0. The van der Waals surface area contributed by atoms with E-state index in [2.05, 4.69) is 17.1 Å². The largest absolute Gasteiger partial charge is 0.384 e. The minimum atomic E-state index is -0.792. The zero-order chi connectivity index (χ0) is 13.4. The van der Waals surface area contributed by atoms with Crippen LogP contribution in [0.15, 0.2) is 36.5 Å². The van der Waals surface area contributed by atoms with E-state index in [-0.39, 0.29) is 0 Å². The average Bonchev–Trinajstić information content (AvgIpc) is 3.25. The number of halogens is 1. The van der Waals surface area contributed by atoms with Gasteiger partial charge in [0, 0.05) is 11.8 Å². The third-order valence-electron chi connectivity index (χ3n) is 3.51. The zero-order valence-corrected chi connectivity index (χ0v) is 11.1. The lowest BCUT2D eigenvalue weighted by Gasteiger charge is -2.14. The van der Waals surface area contributed by atoms with Gasteiger partial charge in [-0.3, -0.25) is 0 Å². The molecule has 3 rings (SSSR count). The first-order chi connectivity index (χ1) is 9.15. The predicted molar refractivity (Wildman–Crippen MR) is 76.1 cm³/mol. The molecule has 0 aliphatic heterocycles. The third kappa shape index (κ3) is 2.57. The first-order valence-corrected chi connectivity index (χ1v) is 6.72. The molecule has 1 aliphatic carbocycles. The van der Waals surface area contributed by atoms with Crippen molar-refractivity contribution >= 4 is 17.4 Å². The summed E-state index contributed by atoms with van der Waals surface area (Å²) in [5, 5.41) is 10.8. The highest BCUT2D eigenvalue weighted by atomic mass is 35.5. The number of nitrogens with zero attached hydrogens (tertiary/aromatic N) is 1. The van der Waals surface area contributed by atoms with Crippen LogP contribution in [0.3, 0.4) is 0 Å². The Labute approximate surface area is 117 Å². The number of aliphatic hydroxyl groups excluding tert-OH is 1. The Kier molecular flexibility index (Phi) is 3.17. The smallest absolute Gasteiger partial charge is 0.129 e. The standard InChI is InChI=1S/C15H15ClN2O/c16-12-7-13(15(17)18-8-12)14(19)11-5-3-10(4-6-11)9-1-2-9/h3-9,14,19H,1-2H2,(H2,17,18). The van der Waals surface area contributed by atoms with Crippen molar-refractivity contribution in [2.24, 2.45) is 0 Å². The van der Waals surface area contributed by atoms with Crippen LogP contribution in [-0.2, 0) is 0 Å². The van der Waals surface area contributed by atoms with E-state index in [4.69, 9.17) is 17.3 Å². The molecule has 0 spiro atoms. The summed E-state index contributed by atoms with van der Waals surface area (Å²) in [6, 6.07) is 9.69. The van der Waals surface area contributed by atoms with E-state index in [0.29, 0.717) is 22.3 Å². The molecule has 1 heterocycles. The molecule has 1 aromatic heterocycles. The number of hydrogen-bond acceptors (Lipinski definition) is 3. The number of hydrogen-bond donors (Lipinski definition) is 2. The Balaban J connectivity index is 1.89. The lowest BCUT2D eigenvalue weighted by molar-refractivity contribution is 0.220. The average molecular weight is 275 g/mol. The highest BCUT2D eigenvalue weighted by Crippen LogP contribution is 2.40. The Hall–Kier alpha value is -1.58. The van der Waals surface area contributed by atoms with Gasteiger partial charge in [0.05, 0.1) is 5.02 Å². The molecule has 0 saturated heterocycles. The molecule has 1 aliphatic rings. The number of nitrogen functional groups attached to an aromatic ring is 1. The maximum Gasteiger partial charge on any atom is 0.129 e. The summed E-state index contributed by atoms with van der Waals surface area (Å²) in [5.74, 6) is 1.02. The molecule has 1 atom stereocenters. The Morgan fingerprint density at radius 1 is 1.26 bits per heavy atom. The topological polar surface area (TPSA) is 59.1 Å². The molecule has 98 valence electrons. The van der Waals surface area contributed by atoms with E-state index in [9.17, 15) is 5.11 Å². The van der Waals surface area contributed by atoms with Gasteiger partial charge >= 0.3 is 0 Å². The van der Waals surface area contributed by atoms with Crippen molar-refractivity contribution in [2.75, 3.05) is 5.73 Å². The summed E-state index contributed by atoms with van der Waals surface area (Å²) in [6.45, 7) is 0. The van der Waals surface area contributed by atoms with Crippen LogP contribution in [0.5, 0.6) is 0 Å². The van der Waals surface area contributed by atoms with E-state index >= 15 is 0 Å². The second-order valence-electron chi connectivity index (χ2n) is 4.97. The van der Waals surface area contributed by atoms with Gasteiger partial charge in [-0.1, -0.05) is 35.9 Å². The summed E-state index contributed by atoms with van der Waals surface area (Å²) in [6.07, 6.45) is 3.23. The number of nitrogens with two attached hydrogens (primary N) is 1. The summed E-state index contributed by atoms with van der Waals surface area (Å²) < 4.78 is 0. The third-order valence-corrected chi connectivity index (χ3v) is 3.72. The summed E-state index contributed by atoms with van der Waals surface area (Å²) in [5.41, 5.74) is 8.48. The van der Waals surface area contributed by atoms with Crippen LogP contribution in [0.25, 0.3) is 0 Å². The molecule has 1 unspecified atom stereocenters. The van der Waals surface area contributed by atoms with Crippen LogP contribution >= 0.6 is 11.6 Å². The van der Waals surface area contributed by atoms with Crippen LogP contribution in [-0.4, -0.2) is 10.1 Å². The van der Waals surface area contributed by atoms with Crippen molar-refractivity contribution < 1.29 is 5.11 Å². The number of aromatic nitrogens is 1. The van der Waals surface area contributed by atoms with Crippen LogP contribution < -0.4 is 5.73 Å². The molecule has 2 aromatic rings. The molecule has 19 heavy (non-hydrogen) atoms. The molecule has 3 N–H and O–H groups in total. The molecule has 4 heteroatoms. The molecule has 0 bridgehead atoms. The fraction of sp³-hybridized carbons (Fsp3) is 0.267. The van der Waals surface area contributed by atoms with Crippen molar-refractivity contribution in [3.63, 3.8) is 0 Å². The first-order valence-electron chi connectivity index (χ1n) is 6.34. The van der Waals surface area contributed by atoms with Crippen LogP contribution in [0.1, 0.15) is 41.6 Å². The second-order valence-corrected chi connectivity index (χ2v) is 5.41. The van der Waals surface area contributed by atoms with Crippen molar-refractivity contribution in [2.45, 2.75) is 24.9 Å². The van der Waals surface area contributed by atoms with Crippen LogP contribution in [0.2, 0.25) is 5.02 Å². The quantitative estimate of drug-likeness (QED) is 0.903. The lowest BCUT2D eigenvalue weighted by Crippen LogP contribution is -2.05. The Bertz CT molecular complexity index is 594. The summed E-state index contributed by atoms with van der Waals surface area (Å²) in [4.78, 5) is 3.97. The van der Waals surface area contributed by atoms with E-state index in [1.165, 1.54) is 24.6 Å². The number of benzene rings is 1. The molecule has 1 saturated carbocycles. The van der Waals surface area contributed by atoms with Gasteiger partial charge in [0.2, 0.25) is 0 Å². The monoisotopic (exact) mass is 274 g/mol. The van der Waals surface area contributed by atoms with Gasteiger partial charge in [-0.25, -0.2) is 4.98 Å². The minimum Gasteiger partial charge on any atom is -0.384 e. The minimum absolute atomic E-state index is 0.308. The van der Waals surface area contributed by atoms with Crippen molar-refractivity contribution in [3.05, 3.63) is 58.2 Å². The Morgan fingerprint density at radius 3 is 2.58 bits per heavy atom. The first kappa shape index (κ1) is 12.5. The van der Waals surface area contributed by atoms with Gasteiger partial charge in [-0.15, -0.1) is 0 Å². The van der Waals surface area contributed by atoms with Gasteiger partial charge in [0.15, 0.2) is 0 Å². The SMILES string of the molecule is Nc1ncc(Cl)cc1C(O)c1ccc(C2CC2)cc1. The number of aliphatic hydroxyl groups is 1. The molecular weight excluding hydrogens is 260 g/mol. The fourth-order valence-corrected chi connectivity index (χ4v) is 2.40. The molecule has 0 radical (unpaired) electrons. The number of anilines is 1. The Morgan fingerprint density at radius 2 is 1.95 bits per heavy atom. The van der Waals surface area contributed by atoms with E-state index in [1.54, 1.807) is 6.07 Å².